The summed E-state index contributed by atoms with van der Waals surface area (Å²) in [5, 5.41) is 0.112. The summed E-state index contributed by atoms with van der Waals surface area (Å²) in [7, 11) is 2.77. The van der Waals surface area contributed by atoms with Crippen LogP contribution in [-0.2, 0) is 14.3 Å². The van der Waals surface area contributed by atoms with Crippen molar-refractivity contribution in [2.24, 2.45) is 11.3 Å². The van der Waals surface area contributed by atoms with Crippen molar-refractivity contribution in [3.8, 4) is 0 Å². The Bertz CT molecular complexity index is 538. The summed E-state index contributed by atoms with van der Waals surface area (Å²) in [6.07, 6.45) is 0. The molecule has 0 saturated heterocycles. The zero-order chi connectivity index (χ0) is 14.9. The molecular formula is C15H18O4S. The zero-order valence-corrected chi connectivity index (χ0v) is 12.8. The van der Waals surface area contributed by atoms with Crippen LogP contribution in [-0.4, -0.2) is 31.4 Å². The van der Waals surface area contributed by atoms with Gasteiger partial charge in [0.2, 0.25) is 0 Å². The van der Waals surface area contributed by atoms with Crippen LogP contribution in [0.1, 0.15) is 24.2 Å². The highest BCUT2D eigenvalue weighted by atomic mass is 32.2. The molecule has 1 aliphatic rings. The molecule has 0 spiro atoms. The van der Waals surface area contributed by atoms with Crippen LogP contribution in [0, 0.1) is 11.3 Å². The van der Waals surface area contributed by atoms with E-state index >= 15 is 0 Å². The highest BCUT2D eigenvalue weighted by Crippen LogP contribution is 2.61. The van der Waals surface area contributed by atoms with Crippen molar-refractivity contribution >= 4 is 23.7 Å². The molecular weight excluding hydrogens is 276 g/mol. The minimum Gasteiger partial charge on any atom is -0.469 e. The van der Waals surface area contributed by atoms with Crippen molar-refractivity contribution in [3.05, 3.63) is 29.8 Å². The summed E-state index contributed by atoms with van der Waals surface area (Å²) in [5.74, 6) is -0.688. The number of rotatable bonds is 4. The lowest BCUT2D eigenvalue weighted by Gasteiger charge is -2.07. The standard InChI is InChI=1S/C15H18O4S/c1-15(2)11(14(17)19-4)12(15)20-10-8-6-5-7-9(10)13(16)18-3/h5-8,11-12H,1-4H3/t11-,12+/m1/s1. The maximum atomic E-state index is 11.7. The Morgan fingerprint density at radius 3 is 2.40 bits per heavy atom. The third-order valence-electron chi connectivity index (χ3n) is 3.73. The first-order valence-corrected chi connectivity index (χ1v) is 7.23. The molecule has 20 heavy (non-hydrogen) atoms. The van der Waals surface area contributed by atoms with E-state index in [1.165, 1.54) is 26.0 Å². The Hall–Kier alpha value is -1.49. The summed E-state index contributed by atoms with van der Waals surface area (Å²) in [5.41, 5.74) is 0.410. The number of thioether (sulfide) groups is 1. The average Bonchev–Trinajstić information content (AvgIpc) is 2.99. The zero-order valence-electron chi connectivity index (χ0n) is 12.0. The lowest BCUT2D eigenvalue weighted by Crippen LogP contribution is -2.07. The van der Waals surface area contributed by atoms with E-state index in [1.807, 2.05) is 26.0 Å². The van der Waals surface area contributed by atoms with Gasteiger partial charge in [0, 0.05) is 10.1 Å². The summed E-state index contributed by atoms with van der Waals surface area (Å²) in [4.78, 5) is 24.3. The van der Waals surface area contributed by atoms with Gasteiger partial charge in [-0.15, -0.1) is 11.8 Å². The van der Waals surface area contributed by atoms with E-state index in [2.05, 4.69) is 0 Å². The molecule has 1 aromatic rings. The third-order valence-corrected chi connectivity index (χ3v) is 5.47. The number of carbonyl (C=O) groups is 2. The van der Waals surface area contributed by atoms with E-state index in [4.69, 9.17) is 9.47 Å². The van der Waals surface area contributed by atoms with Gasteiger partial charge < -0.3 is 9.47 Å². The molecule has 0 unspecified atom stereocenters. The molecule has 1 fully saturated rings. The number of benzene rings is 1. The fourth-order valence-electron chi connectivity index (χ4n) is 2.35. The van der Waals surface area contributed by atoms with E-state index in [1.54, 1.807) is 12.1 Å². The van der Waals surface area contributed by atoms with Crippen LogP contribution in [0.25, 0.3) is 0 Å². The first-order valence-electron chi connectivity index (χ1n) is 6.35. The molecule has 0 radical (unpaired) electrons. The number of methoxy groups -OCH3 is 2. The van der Waals surface area contributed by atoms with Crippen molar-refractivity contribution in [3.63, 3.8) is 0 Å². The fraction of sp³-hybridized carbons (Fsp3) is 0.467. The second-order valence-electron chi connectivity index (χ2n) is 5.35. The van der Waals surface area contributed by atoms with E-state index in [0.29, 0.717) is 5.56 Å². The lowest BCUT2D eigenvalue weighted by atomic mass is 10.1. The van der Waals surface area contributed by atoms with Crippen LogP contribution in [0.2, 0.25) is 0 Å². The fourth-order valence-corrected chi connectivity index (χ4v) is 4.03. The van der Waals surface area contributed by atoms with Crippen LogP contribution < -0.4 is 0 Å². The van der Waals surface area contributed by atoms with E-state index in [-0.39, 0.29) is 28.5 Å². The van der Waals surface area contributed by atoms with E-state index in [0.717, 1.165) is 4.90 Å². The third kappa shape index (κ3) is 2.54. The molecule has 0 aliphatic heterocycles. The van der Waals surface area contributed by atoms with Gasteiger partial charge in [-0.05, 0) is 17.5 Å². The molecule has 1 aromatic carbocycles. The van der Waals surface area contributed by atoms with Crippen molar-refractivity contribution in [2.45, 2.75) is 24.0 Å². The van der Waals surface area contributed by atoms with Gasteiger partial charge in [0.25, 0.3) is 0 Å². The first-order chi connectivity index (χ1) is 9.43. The molecule has 1 aliphatic carbocycles. The molecule has 2 rings (SSSR count). The SMILES string of the molecule is COC(=O)c1ccccc1S[C@H]1[C@H](C(=O)OC)C1(C)C. The smallest absolute Gasteiger partial charge is 0.338 e. The van der Waals surface area contributed by atoms with Crippen LogP contribution in [0.5, 0.6) is 0 Å². The van der Waals surface area contributed by atoms with Gasteiger partial charge in [-0.25, -0.2) is 4.79 Å². The number of ether oxygens (including phenoxy) is 2. The molecule has 108 valence electrons. The topological polar surface area (TPSA) is 52.6 Å². The van der Waals surface area contributed by atoms with E-state index < -0.39 is 0 Å². The van der Waals surface area contributed by atoms with Gasteiger partial charge in [0.05, 0.1) is 25.7 Å². The first kappa shape index (κ1) is 14.9. The normalized spacial score (nSPS) is 23.0. The second-order valence-corrected chi connectivity index (χ2v) is 6.53. The largest absolute Gasteiger partial charge is 0.469 e. The number of hydrogen-bond acceptors (Lipinski definition) is 5. The quantitative estimate of drug-likeness (QED) is 0.799. The van der Waals surface area contributed by atoms with Crippen LogP contribution in [0.4, 0.5) is 0 Å². The maximum Gasteiger partial charge on any atom is 0.338 e. The Balaban J connectivity index is 2.20. The van der Waals surface area contributed by atoms with Crippen molar-refractivity contribution in [2.75, 3.05) is 14.2 Å². The van der Waals surface area contributed by atoms with Crippen LogP contribution in [0.15, 0.2) is 29.2 Å². The Labute approximate surface area is 122 Å². The van der Waals surface area contributed by atoms with Crippen molar-refractivity contribution < 1.29 is 19.1 Å². The minimum atomic E-state index is -0.360. The Morgan fingerprint density at radius 1 is 1.15 bits per heavy atom. The predicted octanol–water partition coefficient (Wildman–Crippen LogP) is 2.76. The Morgan fingerprint density at radius 2 is 1.80 bits per heavy atom. The molecule has 0 N–H and O–H groups in total. The molecule has 4 nitrogen and oxygen atoms in total. The lowest BCUT2D eigenvalue weighted by molar-refractivity contribution is -0.142. The van der Waals surface area contributed by atoms with Crippen molar-refractivity contribution in [1.82, 2.24) is 0 Å². The summed E-state index contributed by atoms with van der Waals surface area (Å²) >= 11 is 1.54. The molecule has 0 aromatic heterocycles. The molecule has 0 heterocycles. The minimum absolute atomic E-state index is 0.112. The maximum absolute atomic E-state index is 11.7. The molecule has 1 saturated carbocycles. The highest BCUT2D eigenvalue weighted by molar-refractivity contribution is 8.00. The summed E-state index contributed by atoms with van der Waals surface area (Å²) < 4.78 is 9.62. The van der Waals surface area contributed by atoms with Gasteiger partial charge in [-0.2, -0.15) is 0 Å². The Kier molecular flexibility index (Phi) is 4.09. The molecule has 0 amide bonds. The average molecular weight is 294 g/mol. The second kappa shape index (κ2) is 5.48. The molecule has 2 atom stereocenters. The van der Waals surface area contributed by atoms with Gasteiger partial charge in [-0.3, -0.25) is 4.79 Å². The van der Waals surface area contributed by atoms with Gasteiger partial charge >= 0.3 is 11.9 Å². The molecule has 0 bridgehead atoms. The predicted molar refractivity (Wildman–Crippen MR) is 76.7 cm³/mol. The molecule has 5 heteroatoms. The van der Waals surface area contributed by atoms with Gasteiger partial charge in [0.1, 0.15) is 0 Å². The van der Waals surface area contributed by atoms with Crippen LogP contribution >= 0.6 is 11.8 Å². The summed E-state index contributed by atoms with van der Waals surface area (Å²) in [6.45, 7) is 4.07. The van der Waals surface area contributed by atoms with Gasteiger partial charge in [-0.1, -0.05) is 26.0 Å². The highest BCUT2D eigenvalue weighted by Gasteiger charge is 2.63. The van der Waals surface area contributed by atoms with Crippen LogP contribution in [0.3, 0.4) is 0 Å². The summed E-state index contributed by atoms with van der Waals surface area (Å²) in [6, 6.07) is 7.28. The van der Waals surface area contributed by atoms with Gasteiger partial charge in [0.15, 0.2) is 0 Å². The number of hydrogen-bond donors (Lipinski definition) is 0. The number of carbonyl (C=O) groups excluding carboxylic acids is 2. The number of esters is 2. The van der Waals surface area contributed by atoms with Crippen molar-refractivity contribution in [1.29, 1.82) is 0 Å². The van der Waals surface area contributed by atoms with E-state index in [9.17, 15) is 9.59 Å². The monoisotopic (exact) mass is 294 g/mol.